The summed E-state index contributed by atoms with van der Waals surface area (Å²) in [5.74, 6) is 1.65. The molecule has 1 saturated carbocycles. The first-order valence-electron chi connectivity index (χ1n) is 9.36. The van der Waals surface area contributed by atoms with Crippen LogP contribution in [-0.2, 0) is 11.3 Å². The number of hydrogen-bond acceptors (Lipinski definition) is 5. The third-order valence-electron chi connectivity index (χ3n) is 5.32. The summed E-state index contributed by atoms with van der Waals surface area (Å²) >= 11 is 0. The molecule has 2 aliphatic rings. The SMILES string of the molecule is CC1CCCCC1NC(=O)Cn1cnc(-c2ccc3c(c2)OCO3)cc1=O. The van der Waals surface area contributed by atoms with Crippen molar-refractivity contribution < 1.29 is 14.3 Å². The van der Waals surface area contributed by atoms with E-state index in [1.165, 1.54) is 23.4 Å². The van der Waals surface area contributed by atoms with Crippen molar-refractivity contribution >= 4 is 5.91 Å². The Morgan fingerprint density at radius 3 is 2.85 bits per heavy atom. The monoisotopic (exact) mass is 369 g/mol. The Kier molecular flexibility index (Phi) is 4.83. The minimum atomic E-state index is -0.260. The minimum absolute atomic E-state index is 0.0174. The maximum Gasteiger partial charge on any atom is 0.254 e. The normalized spacial score (nSPS) is 21.1. The average molecular weight is 369 g/mol. The molecule has 7 nitrogen and oxygen atoms in total. The largest absolute Gasteiger partial charge is 0.454 e. The first kappa shape index (κ1) is 17.6. The Morgan fingerprint density at radius 1 is 1.22 bits per heavy atom. The molecule has 1 aliphatic heterocycles. The molecule has 27 heavy (non-hydrogen) atoms. The lowest BCUT2D eigenvalue weighted by Gasteiger charge is -2.29. The van der Waals surface area contributed by atoms with Gasteiger partial charge in [0, 0.05) is 17.7 Å². The lowest BCUT2D eigenvalue weighted by molar-refractivity contribution is -0.123. The number of fused-ring (bicyclic) bond motifs is 1. The van der Waals surface area contributed by atoms with Crippen molar-refractivity contribution in [3.05, 3.63) is 40.9 Å². The van der Waals surface area contributed by atoms with Crippen LogP contribution in [0.3, 0.4) is 0 Å². The van der Waals surface area contributed by atoms with Crippen LogP contribution in [0.4, 0.5) is 0 Å². The number of benzene rings is 1. The van der Waals surface area contributed by atoms with E-state index in [1.54, 1.807) is 12.1 Å². The highest BCUT2D eigenvalue weighted by Crippen LogP contribution is 2.35. The van der Waals surface area contributed by atoms with Gasteiger partial charge in [-0.25, -0.2) is 4.98 Å². The Bertz CT molecular complexity index is 908. The van der Waals surface area contributed by atoms with E-state index in [-0.39, 0.29) is 30.8 Å². The molecule has 1 N–H and O–H groups in total. The molecule has 1 fully saturated rings. The summed E-state index contributed by atoms with van der Waals surface area (Å²) in [4.78, 5) is 29.1. The maximum absolute atomic E-state index is 12.4. The lowest BCUT2D eigenvalue weighted by Crippen LogP contribution is -2.43. The number of hydrogen-bond donors (Lipinski definition) is 1. The zero-order valence-corrected chi connectivity index (χ0v) is 15.3. The molecule has 2 aromatic rings. The Balaban J connectivity index is 1.45. The first-order valence-corrected chi connectivity index (χ1v) is 9.36. The van der Waals surface area contributed by atoms with Crippen LogP contribution in [0.2, 0.25) is 0 Å². The highest BCUT2D eigenvalue weighted by Gasteiger charge is 2.23. The molecule has 1 amide bonds. The molecule has 1 aromatic heterocycles. The van der Waals surface area contributed by atoms with E-state index in [4.69, 9.17) is 9.47 Å². The van der Waals surface area contributed by atoms with Crippen LogP contribution in [0.15, 0.2) is 35.4 Å². The molecule has 0 spiro atoms. The molecule has 0 saturated heterocycles. The first-order chi connectivity index (χ1) is 13.1. The highest BCUT2D eigenvalue weighted by molar-refractivity contribution is 5.76. The minimum Gasteiger partial charge on any atom is -0.454 e. The summed E-state index contributed by atoms with van der Waals surface area (Å²) in [5, 5.41) is 3.06. The predicted octanol–water partition coefficient (Wildman–Crippen LogP) is 2.33. The van der Waals surface area contributed by atoms with E-state index in [2.05, 4.69) is 17.2 Å². The van der Waals surface area contributed by atoms with Gasteiger partial charge in [-0.15, -0.1) is 0 Å². The number of rotatable bonds is 4. The topological polar surface area (TPSA) is 82.5 Å². The van der Waals surface area contributed by atoms with Crippen LogP contribution >= 0.6 is 0 Å². The summed E-state index contributed by atoms with van der Waals surface area (Å²) in [6, 6.07) is 7.06. The van der Waals surface area contributed by atoms with Gasteiger partial charge in [0.2, 0.25) is 12.7 Å². The van der Waals surface area contributed by atoms with Crippen LogP contribution in [0.25, 0.3) is 11.3 Å². The second-order valence-electron chi connectivity index (χ2n) is 7.24. The zero-order valence-electron chi connectivity index (χ0n) is 15.3. The number of carbonyl (C=O) groups is 1. The molecule has 0 bridgehead atoms. The second-order valence-corrected chi connectivity index (χ2v) is 7.24. The van der Waals surface area contributed by atoms with Crippen LogP contribution in [0, 0.1) is 5.92 Å². The fraction of sp³-hybridized carbons (Fsp3) is 0.450. The van der Waals surface area contributed by atoms with E-state index in [1.807, 2.05) is 6.07 Å². The van der Waals surface area contributed by atoms with E-state index >= 15 is 0 Å². The number of carbonyl (C=O) groups excluding carboxylic acids is 1. The second kappa shape index (κ2) is 7.42. The van der Waals surface area contributed by atoms with Crippen molar-refractivity contribution in [1.29, 1.82) is 0 Å². The van der Waals surface area contributed by atoms with Gasteiger partial charge in [-0.3, -0.25) is 14.2 Å². The van der Waals surface area contributed by atoms with E-state index in [0.717, 1.165) is 24.8 Å². The Labute approximate surface area is 157 Å². The van der Waals surface area contributed by atoms with Crippen LogP contribution in [0.1, 0.15) is 32.6 Å². The average Bonchev–Trinajstić information content (AvgIpc) is 3.13. The van der Waals surface area contributed by atoms with Gasteiger partial charge >= 0.3 is 0 Å². The van der Waals surface area contributed by atoms with Gasteiger partial charge in [0.15, 0.2) is 11.5 Å². The van der Waals surface area contributed by atoms with Gasteiger partial charge in [-0.05, 0) is 37.0 Å². The summed E-state index contributed by atoms with van der Waals surface area (Å²) in [5.41, 5.74) is 1.05. The smallest absolute Gasteiger partial charge is 0.254 e. The molecule has 1 aromatic carbocycles. The molecule has 2 heterocycles. The zero-order chi connectivity index (χ0) is 18.8. The molecule has 2 atom stereocenters. The van der Waals surface area contributed by atoms with Crippen molar-refractivity contribution in [2.75, 3.05) is 6.79 Å². The van der Waals surface area contributed by atoms with Gasteiger partial charge < -0.3 is 14.8 Å². The summed E-state index contributed by atoms with van der Waals surface area (Å²) < 4.78 is 12.0. The quantitative estimate of drug-likeness (QED) is 0.894. The molecule has 142 valence electrons. The van der Waals surface area contributed by atoms with Gasteiger partial charge in [0.25, 0.3) is 5.56 Å². The molecular formula is C20H23N3O4. The van der Waals surface area contributed by atoms with Crippen LogP contribution < -0.4 is 20.3 Å². The van der Waals surface area contributed by atoms with E-state index in [0.29, 0.717) is 23.1 Å². The van der Waals surface area contributed by atoms with Gasteiger partial charge in [-0.1, -0.05) is 19.8 Å². The van der Waals surface area contributed by atoms with E-state index in [9.17, 15) is 9.59 Å². The number of ether oxygens (including phenoxy) is 2. The van der Waals surface area contributed by atoms with Crippen molar-refractivity contribution in [2.24, 2.45) is 5.92 Å². The van der Waals surface area contributed by atoms with Crippen molar-refractivity contribution in [2.45, 2.75) is 45.2 Å². The number of nitrogens with one attached hydrogen (secondary N) is 1. The van der Waals surface area contributed by atoms with Gasteiger partial charge in [0.1, 0.15) is 6.54 Å². The molecule has 0 radical (unpaired) electrons. The third kappa shape index (κ3) is 3.82. The van der Waals surface area contributed by atoms with Crippen molar-refractivity contribution in [1.82, 2.24) is 14.9 Å². The Morgan fingerprint density at radius 2 is 2.04 bits per heavy atom. The number of aromatic nitrogens is 2. The third-order valence-corrected chi connectivity index (χ3v) is 5.32. The summed E-state index contributed by atoms with van der Waals surface area (Å²) in [6.45, 7) is 2.34. The fourth-order valence-corrected chi connectivity index (χ4v) is 3.70. The van der Waals surface area contributed by atoms with Crippen LogP contribution in [-0.4, -0.2) is 28.3 Å². The van der Waals surface area contributed by atoms with Crippen molar-refractivity contribution in [3.63, 3.8) is 0 Å². The van der Waals surface area contributed by atoms with Crippen molar-refractivity contribution in [3.8, 4) is 22.8 Å². The Hall–Kier alpha value is -2.83. The molecule has 1 aliphatic carbocycles. The molecule has 4 rings (SSSR count). The lowest BCUT2D eigenvalue weighted by atomic mass is 9.86. The standard InChI is InChI=1S/C20H23N3O4/c1-13-4-2-3-5-15(13)22-19(24)10-23-11-21-16(9-20(23)25)14-6-7-17-18(8-14)27-12-26-17/h6-9,11,13,15H,2-5,10,12H2,1H3,(H,22,24). The van der Waals surface area contributed by atoms with Gasteiger partial charge in [-0.2, -0.15) is 0 Å². The number of nitrogens with zero attached hydrogens (tertiary/aromatic N) is 2. The summed E-state index contributed by atoms with van der Waals surface area (Å²) in [6.07, 6.45) is 5.92. The molecular weight excluding hydrogens is 346 g/mol. The maximum atomic E-state index is 12.4. The van der Waals surface area contributed by atoms with Gasteiger partial charge in [0.05, 0.1) is 12.0 Å². The number of amides is 1. The fourth-order valence-electron chi connectivity index (χ4n) is 3.70. The summed E-state index contributed by atoms with van der Waals surface area (Å²) in [7, 11) is 0. The predicted molar refractivity (Wildman–Crippen MR) is 99.6 cm³/mol. The van der Waals surface area contributed by atoms with E-state index < -0.39 is 0 Å². The molecule has 2 unspecified atom stereocenters. The van der Waals surface area contributed by atoms with Crippen LogP contribution in [0.5, 0.6) is 11.5 Å². The highest BCUT2D eigenvalue weighted by atomic mass is 16.7. The molecule has 7 heteroatoms.